The summed E-state index contributed by atoms with van der Waals surface area (Å²) in [5.41, 5.74) is 3.35. The number of carbonyl (C=O) groups excluding carboxylic acids is 1. The zero-order chi connectivity index (χ0) is 28.7. The van der Waals surface area contributed by atoms with Crippen molar-refractivity contribution in [2.45, 2.75) is 149 Å². The van der Waals surface area contributed by atoms with Gasteiger partial charge in [0.05, 0.1) is 6.61 Å². The van der Waals surface area contributed by atoms with Gasteiger partial charge in [-0.3, -0.25) is 4.79 Å². The maximum Gasteiger partial charge on any atom is 0.306 e. The second-order valence-corrected chi connectivity index (χ2v) is 11.5. The number of esters is 1. The van der Waals surface area contributed by atoms with Crippen LogP contribution in [-0.2, 0) is 9.53 Å². The SMILES string of the molecule is CCCCCCCCCCCCOc1ccc(-c2ccc(C(C)OC(=O)CCCCCCCCCC)cc2)cc1. The molecule has 0 aliphatic heterocycles. The molecule has 40 heavy (non-hydrogen) atoms. The molecule has 2 rings (SSSR count). The van der Waals surface area contributed by atoms with Crippen LogP contribution in [0.25, 0.3) is 11.1 Å². The fourth-order valence-corrected chi connectivity index (χ4v) is 5.20. The van der Waals surface area contributed by atoms with E-state index >= 15 is 0 Å². The molecule has 1 atom stereocenters. The van der Waals surface area contributed by atoms with Crippen LogP contribution < -0.4 is 4.74 Å². The Morgan fingerprint density at radius 1 is 0.575 bits per heavy atom. The minimum absolute atomic E-state index is 0.0871. The lowest BCUT2D eigenvalue weighted by Crippen LogP contribution is -2.08. The third-order valence-electron chi connectivity index (χ3n) is 7.88. The average Bonchev–Trinajstić information content (AvgIpc) is 2.97. The van der Waals surface area contributed by atoms with Crippen LogP contribution >= 0.6 is 0 Å². The molecule has 0 amide bonds. The van der Waals surface area contributed by atoms with E-state index in [9.17, 15) is 4.79 Å². The van der Waals surface area contributed by atoms with Gasteiger partial charge in [0.25, 0.3) is 0 Å². The molecular weight excluding hydrogens is 492 g/mol. The Morgan fingerprint density at radius 2 is 1.00 bits per heavy atom. The number of unbranched alkanes of at least 4 members (excludes halogenated alkanes) is 16. The molecule has 3 nitrogen and oxygen atoms in total. The molecule has 0 aliphatic carbocycles. The van der Waals surface area contributed by atoms with Crippen molar-refractivity contribution in [3.63, 3.8) is 0 Å². The van der Waals surface area contributed by atoms with Crippen LogP contribution in [0.5, 0.6) is 5.75 Å². The summed E-state index contributed by atoms with van der Waals surface area (Å²) in [5, 5.41) is 0. The molecule has 0 spiro atoms. The smallest absolute Gasteiger partial charge is 0.306 e. The first-order valence-corrected chi connectivity index (χ1v) is 16.7. The Morgan fingerprint density at radius 3 is 1.50 bits per heavy atom. The van der Waals surface area contributed by atoms with Crippen LogP contribution in [0.3, 0.4) is 0 Å². The van der Waals surface area contributed by atoms with Gasteiger partial charge in [-0.2, -0.15) is 0 Å². The van der Waals surface area contributed by atoms with Gasteiger partial charge in [0.1, 0.15) is 11.9 Å². The highest BCUT2D eigenvalue weighted by Crippen LogP contribution is 2.26. The van der Waals surface area contributed by atoms with E-state index < -0.39 is 0 Å². The van der Waals surface area contributed by atoms with E-state index in [1.54, 1.807) is 0 Å². The zero-order valence-corrected chi connectivity index (χ0v) is 26.1. The molecule has 0 bridgehead atoms. The summed E-state index contributed by atoms with van der Waals surface area (Å²) in [4.78, 5) is 12.3. The number of hydrogen-bond acceptors (Lipinski definition) is 3. The number of carbonyl (C=O) groups is 1. The molecule has 0 saturated carbocycles. The summed E-state index contributed by atoms with van der Waals surface area (Å²) < 4.78 is 11.7. The quantitative estimate of drug-likeness (QED) is 0.0963. The molecule has 0 heterocycles. The van der Waals surface area contributed by atoms with Gasteiger partial charge >= 0.3 is 5.97 Å². The van der Waals surface area contributed by atoms with E-state index in [-0.39, 0.29) is 12.1 Å². The monoisotopic (exact) mass is 550 g/mol. The molecule has 1 unspecified atom stereocenters. The van der Waals surface area contributed by atoms with E-state index in [4.69, 9.17) is 9.47 Å². The summed E-state index contributed by atoms with van der Waals surface area (Å²) >= 11 is 0. The van der Waals surface area contributed by atoms with Crippen molar-refractivity contribution in [3.05, 3.63) is 54.1 Å². The van der Waals surface area contributed by atoms with Crippen LogP contribution in [0.15, 0.2) is 48.5 Å². The molecule has 0 N–H and O–H groups in total. The Labute approximate surface area is 246 Å². The Bertz CT molecular complexity index is 871. The first-order chi connectivity index (χ1) is 19.6. The van der Waals surface area contributed by atoms with Crippen LogP contribution in [0, 0.1) is 0 Å². The molecule has 224 valence electrons. The van der Waals surface area contributed by atoms with E-state index in [0.29, 0.717) is 6.42 Å². The number of hydrogen-bond donors (Lipinski definition) is 0. The van der Waals surface area contributed by atoms with Gasteiger partial charge in [-0.05, 0) is 48.6 Å². The lowest BCUT2D eigenvalue weighted by Gasteiger charge is -2.14. The Kier molecular flexibility index (Phi) is 19.0. The molecule has 0 fully saturated rings. The molecule has 0 aromatic heterocycles. The highest BCUT2D eigenvalue weighted by molar-refractivity contribution is 5.70. The Balaban J connectivity index is 1.60. The number of benzene rings is 2. The first-order valence-electron chi connectivity index (χ1n) is 16.7. The molecule has 2 aromatic rings. The predicted octanol–water partition coefficient (Wildman–Crippen LogP) is 11.8. The maximum atomic E-state index is 12.3. The lowest BCUT2D eigenvalue weighted by molar-refractivity contribution is -0.148. The van der Waals surface area contributed by atoms with Gasteiger partial charge in [0.2, 0.25) is 0 Å². The normalized spacial score (nSPS) is 11.9. The Hall–Kier alpha value is -2.29. The summed E-state index contributed by atoms with van der Waals surface area (Å²) in [6, 6.07) is 16.7. The van der Waals surface area contributed by atoms with Gasteiger partial charge in [0.15, 0.2) is 0 Å². The van der Waals surface area contributed by atoms with Crippen molar-refractivity contribution in [1.82, 2.24) is 0 Å². The van der Waals surface area contributed by atoms with Crippen molar-refractivity contribution in [3.8, 4) is 16.9 Å². The van der Waals surface area contributed by atoms with Crippen LogP contribution in [0.4, 0.5) is 0 Å². The lowest BCUT2D eigenvalue weighted by atomic mass is 10.0. The molecule has 0 radical (unpaired) electrons. The number of rotatable bonds is 24. The highest BCUT2D eigenvalue weighted by Gasteiger charge is 2.12. The maximum absolute atomic E-state index is 12.3. The molecule has 3 heteroatoms. The average molecular weight is 551 g/mol. The third-order valence-corrected chi connectivity index (χ3v) is 7.88. The van der Waals surface area contributed by atoms with E-state index in [1.807, 2.05) is 6.92 Å². The predicted molar refractivity (Wildman–Crippen MR) is 171 cm³/mol. The van der Waals surface area contributed by atoms with Crippen LogP contribution in [-0.4, -0.2) is 12.6 Å². The van der Waals surface area contributed by atoms with Crippen molar-refractivity contribution in [2.24, 2.45) is 0 Å². The zero-order valence-electron chi connectivity index (χ0n) is 26.1. The van der Waals surface area contributed by atoms with E-state index in [1.165, 1.54) is 96.3 Å². The summed E-state index contributed by atoms with van der Waals surface area (Å²) in [5.74, 6) is 0.851. The van der Waals surface area contributed by atoms with Gasteiger partial charge in [-0.1, -0.05) is 153 Å². The van der Waals surface area contributed by atoms with Gasteiger partial charge in [-0.25, -0.2) is 0 Å². The fraction of sp³-hybridized carbons (Fsp3) is 0.649. The summed E-state index contributed by atoms with van der Waals surface area (Å²) in [7, 11) is 0. The topological polar surface area (TPSA) is 35.5 Å². The number of ether oxygens (including phenoxy) is 2. The van der Waals surface area contributed by atoms with E-state index in [0.717, 1.165) is 48.3 Å². The van der Waals surface area contributed by atoms with Crippen LogP contribution in [0.1, 0.15) is 154 Å². The van der Waals surface area contributed by atoms with Crippen molar-refractivity contribution >= 4 is 5.97 Å². The van der Waals surface area contributed by atoms with Crippen LogP contribution in [0.2, 0.25) is 0 Å². The minimum atomic E-state index is -0.225. The van der Waals surface area contributed by atoms with Gasteiger partial charge < -0.3 is 9.47 Å². The molecule has 0 aliphatic rings. The summed E-state index contributed by atoms with van der Waals surface area (Å²) in [6.07, 6.45) is 23.5. The van der Waals surface area contributed by atoms with Crippen molar-refractivity contribution in [2.75, 3.05) is 6.61 Å². The molecule has 2 aromatic carbocycles. The molecular formula is C37H58O3. The second-order valence-electron chi connectivity index (χ2n) is 11.5. The van der Waals surface area contributed by atoms with Gasteiger partial charge in [-0.15, -0.1) is 0 Å². The minimum Gasteiger partial charge on any atom is -0.494 e. The van der Waals surface area contributed by atoms with Crippen molar-refractivity contribution < 1.29 is 14.3 Å². The standard InChI is InChI=1S/C37H58O3/c1-4-6-8-10-12-14-15-17-19-21-31-39-36-29-27-35(28-30-36)34-25-23-33(24-26-34)32(3)40-37(38)22-20-18-16-13-11-9-7-5-2/h23-30,32H,4-22,31H2,1-3H3. The second kappa shape index (κ2) is 22.4. The summed E-state index contributed by atoms with van der Waals surface area (Å²) in [6.45, 7) is 7.27. The van der Waals surface area contributed by atoms with E-state index in [2.05, 4.69) is 62.4 Å². The molecule has 0 saturated heterocycles. The first kappa shape index (κ1) is 33.9. The third kappa shape index (κ3) is 15.5. The highest BCUT2D eigenvalue weighted by atomic mass is 16.5. The van der Waals surface area contributed by atoms with Gasteiger partial charge in [0, 0.05) is 6.42 Å². The van der Waals surface area contributed by atoms with Crippen molar-refractivity contribution in [1.29, 1.82) is 0 Å². The fourth-order valence-electron chi connectivity index (χ4n) is 5.20. The largest absolute Gasteiger partial charge is 0.494 e.